The molecule has 5 heteroatoms. The van der Waals surface area contributed by atoms with Gasteiger partial charge in [-0.3, -0.25) is 4.79 Å². The first-order valence-electron chi connectivity index (χ1n) is 7.46. The topological polar surface area (TPSA) is 33.5 Å². The maximum Gasteiger partial charge on any atom is 0.262 e. The summed E-state index contributed by atoms with van der Waals surface area (Å²) in [6.07, 6.45) is 0.991. The zero-order valence-electron chi connectivity index (χ0n) is 12.5. The smallest absolute Gasteiger partial charge is 0.262 e. The summed E-state index contributed by atoms with van der Waals surface area (Å²) in [6, 6.07) is 7.85. The number of carbonyl (C=O) groups excluding carboxylic acids is 1. The van der Waals surface area contributed by atoms with Crippen LogP contribution in [0, 0.1) is 0 Å². The highest BCUT2D eigenvalue weighted by atomic mass is 35.5. The number of benzene rings is 1. The lowest BCUT2D eigenvalue weighted by atomic mass is 10.2. The SMILES string of the molecule is CC[NH+](CC)CCCNC(=O)c1sc2ccccc2c1Cl. The van der Waals surface area contributed by atoms with Gasteiger partial charge in [-0.15, -0.1) is 11.3 Å². The van der Waals surface area contributed by atoms with Crippen molar-refractivity contribution in [2.45, 2.75) is 20.3 Å². The minimum Gasteiger partial charge on any atom is -0.351 e. The summed E-state index contributed by atoms with van der Waals surface area (Å²) in [5, 5.41) is 4.51. The normalized spacial score (nSPS) is 11.2. The van der Waals surface area contributed by atoms with Crippen molar-refractivity contribution in [2.75, 3.05) is 26.2 Å². The highest BCUT2D eigenvalue weighted by Crippen LogP contribution is 2.34. The molecule has 2 aromatic rings. The Morgan fingerprint density at radius 3 is 2.67 bits per heavy atom. The van der Waals surface area contributed by atoms with Crippen LogP contribution in [0.3, 0.4) is 0 Å². The molecule has 3 nitrogen and oxygen atoms in total. The van der Waals surface area contributed by atoms with Crippen molar-refractivity contribution in [3.05, 3.63) is 34.2 Å². The molecular formula is C16H22ClN2OS+. The van der Waals surface area contributed by atoms with Crippen LogP contribution in [-0.2, 0) is 0 Å². The van der Waals surface area contributed by atoms with E-state index < -0.39 is 0 Å². The number of thiophene rings is 1. The summed E-state index contributed by atoms with van der Waals surface area (Å²) in [6.45, 7) is 8.43. The van der Waals surface area contributed by atoms with Gasteiger partial charge < -0.3 is 10.2 Å². The van der Waals surface area contributed by atoms with E-state index in [9.17, 15) is 4.79 Å². The maximum absolute atomic E-state index is 12.2. The number of hydrogen-bond acceptors (Lipinski definition) is 2. The molecule has 0 unspecified atom stereocenters. The molecule has 0 spiro atoms. The van der Waals surface area contributed by atoms with Gasteiger partial charge in [0, 0.05) is 23.1 Å². The van der Waals surface area contributed by atoms with E-state index in [2.05, 4.69) is 19.2 Å². The molecule has 0 aliphatic rings. The Morgan fingerprint density at radius 1 is 1.29 bits per heavy atom. The van der Waals surface area contributed by atoms with Crippen LogP contribution in [0.4, 0.5) is 0 Å². The molecule has 0 fully saturated rings. The fourth-order valence-electron chi connectivity index (χ4n) is 2.38. The first-order chi connectivity index (χ1) is 10.2. The van der Waals surface area contributed by atoms with Crippen LogP contribution in [0.2, 0.25) is 5.02 Å². The Morgan fingerprint density at radius 2 is 2.00 bits per heavy atom. The second-order valence-corrected chi connectivity index (χ2v) is 6.49. The van der Waals surface area contributed by atoms with Crippen molar-refractivity contribution in [3.8, 4) is 0 Å². The van der Waals surface area contributed by atoms with E-state index in [1.165, 1.54) is 11.3 Å². The van der Waals surface area contributed by atoms with Crippen LogP contribution in [0.25, 0.3) is 10.1 Å². The molecule has 21 heavy (non-hydrogen) atoms. The highest BCUT2D eigenvalue weighted by molar-refractivity contribution is 7.21. The molecule has 0 atom stereocenters. The molecule has 0 saturated carbocycles. The molecule has 0 bridgehead atoms. The molecule has 2 rings (SSSR count). The van der Waals surface area contributed by atoms with E-state index in [1.54, 1.807) is 4.90 Å². The number of hydrogen-bond donors (Lipinski definition) is 2. The molecule has 114 valence electrons. The summed E-state index contributed by atoms with van der Waals surface area (Å²) in [7, 11) is 0. The van der Waals surface area contributed by atoms with Gasteiger partial charge in [0.25, 0.3) is 5.91 Å². The largest absolute Gasteiger partial charge is 0.351 e. The third-order valence-electron chi connectivity index (χ3n) is 3.73. The Hall–Kier alpha value is -1.10. The molecule has 1 amide bonds. The van der Waals surface area contributed by atoms with E-state index in [1.807, 2.05) is 24.3 Å². The summed E-state index contributed by atoms with van der Waals surface area (Å²) in [5.41, 5.74) is 0. The predicted octanol–water partition coefficient (Wildman–Crippen LogP) is 2.60. The van der Waals surface area contributed by atoms with Crippen LogP contribution < -0.4 is 10.2 Å². The minimum atomic E-state index is -0.0595. The van der Waals surface area contributed by atoms with Crippen LogP contribution in [0.1, 0.15) is 29.9 Å². The van der Waals surface area contributed by atoms with E-state index >= 15 is 0 Å². The number of amides is 1. The van der Waals surface area contributed by atoms with Gasteiger partial charge in [-0.25, -0.2) is 0 Å². The van der Waals surface area contributed by atoms with Gasteiger partial charge in [-0.2, -0.15) is 0 Å². The minimum absolute atomic E-state index is 0.0595. The van der Waals surface area contributed by atoms with Crippen molar-refractivity contribution in [1.29, 1.82) is 0 Å². The summed E-state index contributed by atoms with van der Waals surface area (Å²) in [4.78, 5) is 14.4. The van der Waals surface area contributed by atoms with Crippen LogP contribution in [-0.4, -0.2) is 32.1 Å². The van der Waals surface area contributed by atoms with Crippen molar-refractivity contribution in [3.63, 3.8) is 0 Å². The lowest BCUT2D eigenvalue weighted by molar-refractivity contribution is -0.896. The fourth-order valence-corrected chi connectivity index (χ4v) is 3.82. The summed E-state index contributed by atoms with van der Waals surface area (Å²) < 4.78 is 1.06. The Kier molecular flexibility index (Phi) is 6.03. The maximum atomic E-state index is 12.2. The van der Waals surface area contributed by atoms with Crippen molar-refractivity contribution in [1.82, 2.24) is 5.32 Å². The number of carbonyl (C=O) groups is 1. The van der Waals surface area contributed by atoms with Gasteiger partial charge in [-0.05, 0) is 19.9 Å². The number of quaternary nitrogens is 1. The average molecular weight is 326 g/mol. The molecule has 1 aromatic carbocycles. The lowest BCUT2D eigenvalue weighted by Gasteiger charge is -2.15. The molecule has 1 heterocycles. The Labute approximate surface area is 134 Å². The molecule has 0 saturated heterocycles. The molecule has 2 N–H and O–H groups in total. The molecule has 0 aliphatic carbocycles. The van der Waals surface area contributed by atoms with Gasteiger partial charge in [0.1, 0.15) is 4.88 Å². The standard InChI is InChI=1S/C16H21ClN2OS/c1-3-19(4-2)11-7-10-18-16(20)15-14(17)12-8-5-6-9-13(12)21-15/h5-6,8-9H,3-4,7,10-11H2,1-2H3,(H,18,20)/p+1. The predicted molar refractivity (Wildman–Crippen MR) is 90.7 cm³/mol. The van der Waals surface area contributed by atoms with E-state index in [0.29, 0.717) is 16.4 Å². The monoisotopic (exact) mass is 325 g/mol. The van der Waals surface area contributed by atoms with Gasteiger partial charge in [0.05, 0.1) is 24.7 Å². The number of fused-ring (bicyclic) bond motifs is 1. The van der Waals surface area contributed by atoms with Gasteiger partial charge in [0.2, 0.25) is 0 Å². The van der Waals surface area contributed by atoms with E-state index in [-0.39, 0.29) is 5.91 Å². The second kappa shape index (κ2) is 7.78. The zero-order chi connectivity index (χ0) is 15.2. The van der Waals surface area contributed by atoms with Crippen molar-refractivity contribution in [2.24, 2.45) is 0 Å². The highest BCUT2D eigenvalue weighted by Gasteiger charge is 2.16. The Bertz CT molecular complexity index is 607. The number of halogens is 1. The quantitative estimate of drug-likeness (QED) is 0.754. The third kappa shape index (κ3) is 3.96. The molecule has 1 aromatic heterocycles. The first kappa shape index (κ1) is 16.3. The third-order valence-corrected chi connectivity index (χ3v) is 5.41. The fraction of sp³-hybridized carbons (Fsp3) is 0.438. The lowest BCUT2D eigenvalue weighted by Crippen LogP contribution is -3.11. The van der Waals surface area contributed by atoms with E-state index in [0.717, 1.165) is 36.1 Å². The van der Waals surface area contributed by atoms with Crippen LogP contribution in [0.5, 0.6) is 0 Å². The average Bonchev–Trinajstić information content (AvgIpc) is 2.85. The van der Waals surface area contributed by atoms with Gasteiger partial charge in [0.15, 0.2) is 0 Å². The summed E-state index contributed by atoms with van der Waals surface area (Å²) >= 11 is 7.76. The molecular weight excluding hydrogens is 304 g/mol. The first-order valence-corrected chi connectivity index (χ1v) is 8.65. The summed E-state index contributed by atoms with van der Waals surface area (Å²) in [5.74, 6) is -0.0595. The molecule has 0 radical (unpaired) electrons. The van der Waals surface area contributed by atoms with Crippen molar-refractivity contribution < 1.29 is 9.69 Å². The van der Waals surface area contributed by atoms with Crippen molar-refractivity contribution >= 4 is 38.9 Å². The van der Waals surface area contributed by atoms with Crippen LogP contribution in [0.15, 0.2) is 24.3 Å². The molecule has 0 aliphatic heterocycles. The zero-order valence-corrected chi connectivity index (χ0v) is 14.1. The number of rotatable bonds is 7. The number of nitrogens with one attached hydrogen (secondary N) is 2. The van der Waals surface area contributed by atoms with Crippen LogP contribution >= 0.6 is 22.9 Å². The van der Waals surface area contributed by atoms with Gasteiger partial charge in [-0.1, -0.05) is 29.8 Å². The van der Waals surface area contributed by atoms with E-state index in [4.69, 9.17) is 11.6 Å². The Balaban J connectivity index is 1.92. The van der Waals surface area contributed by atoms with Gasteiger partial charge >= 0.3 is 0 Å². The second-order valence-electron chi connectivity index (χ2n) is 5.06.